The zero-order valence-corrected chi connectivity index (χ0v) is 8.51. The van der Waals surface area contributed by atoms with Crippen molar-refractivity contribution in [2.24, 2.45) is 5.73 Å². The van der Waals surface area contributed by atoms with E-state index < -0.39 is 0 Å². The zero-order chi connectivity index (χ0) is 10.1. The molecular formula is C9H10N4S. The highest BCUT2D eigenvalue weighted by Crippen LogP contribution is 2.15. The molecule has 0 aromatic carbocycles. The molecule has 0 saturated carbocycles. The lowest BCUT2D eigenvalue weighted by Gasteiger charge is -2.03. The first-order valence-corrected chi connectivity index (χ1v) is 4.69. The minimum atomic E-state index is -0.0424. The summed E-state index contributed by atoms with van der Waals surface area (Å²) in [6, 6.07) is 3.78. The summed E-state index contributed by atoms with van der Waals surface area (Å²) in [5, 5.41) is 0. The number of nitrogens with two attached hydrogens (primary N) is 1. The number of rotatable bonds is 2. The second kappa shape index (κ2) is 3.34. The Hall–Kier alpha value is -1.49. The number of imidazole rings is 1. The molecule has 0 spiro atoms. The van der Waals surface area contributed by atoms with Gasteiger partial charge in [-0.05, 0) is 19.1 Å². The molecule has 2 aromatic heterocycles. The van der Waals surface area contributed by atoms with Crippen molar-refractivity contribution in [3.05, 3.63) is 24.2 Å². The van der Waals surface area contributed by atoms with E-state index in [0.717, 1.165) is 11.3 Å². The molecule has 5 heteroatoms. The Kier molecular flexibility index (Phi) is 2.17. The fourth-order valence-corrected chi connectivity index (χ4v) is 1.32. The second-order valence-corrected chi connectivity index (χ2v) is 3.59. The minimum Gasteiger partial charge on any atom is -0.393 e. The highest BCUT2D eigenvalue weighted by molar-refractivity contribution is 7.80. The number of aromatic amines is 1. The molecule has 3 N–H and O–H groups in total. The number of fused-ring (bicyclic) bond motifs is 1. The van der Waals surface area contributed by atoms with Gasteiger partial charge in [0.1, 0.15) is 5.82 Å². The fraction of sp³-hybridized carbons (Fsp3) is 0.222. The van der Waals surface area contributed by atoms with Crippen molar-refractivity contribution >= 4 is 28.4 Å². The average molecular weight is 206 g/mol. The summed E-state index contributed by atoms with van der Waals surface area (Å²) in [6.07, 6.45) is 1.71. The lowest BCUT2D eigenvalue weighted by Crippen LogP contribution is -2.17. The molecule has 0 radical (unpaired) electrons. The van der Waals surface area contributed by atoms with Crippen LogP contribution in [0, 0.1) is 0 Å². The summed E-state index contributed by atoms with van der Waals surface area (Å²) < 4.78 is 0. The van der Waals surface area contributed by atoms with E-state index in [1.807, 2.05) is 19.1 Å². The van der Waals surface area contributed by atoms with Gasteiger partial charge in [0.15, 0.2) is 5.65 Å². The number of hydrogen-bond donors (Lipinski definition) is 2. The van der Waals surface area contributed by atoms with Crippen LogP contribution in [0.5, 0.6) is 0 Å². The van der Waals surface area contributed by atoms with Crippen LogP contribution in [0.15, 0.2) is 18.3 Å². The fourth-order valence-electron chi connectivity index (χ4n) is 1.20. The largest absolute Gasteiger partial charge is 0.393 e. The van der Waals surface area contributed by atoms with Gasteiger partial charge in [0.2, 0.25) is 0 Å². The third kappa shape index (κ3) is 1.46. The van der Waals surface area contributed by atoms with Gasteiger partial charge in [0, 0.05) is 6.20 Å². The van der Waals surface area contributed by atoms with Crippen LogP contribution in [0.4, 0.5) is 0 Å². The first kappa shape index (κ1) is 9.08. The molecule has 0 saturated heterocycles. The lowest BCUT2D eigenvalue weighted by atomic mass is 10.2. The smallest absolute Gasteiger partial charge is 0.177 e. The Morgan fingerprint density at radius 2 is 2.43 bits per heavy atom. The molecule has 0 amide bonds. The summed E-state index contributed by atoms with van der Waals surface area (Å²) in [7, 11) is 0. The van der Waals surface area contributed by atoms with Crippen molar-refractivity contribution in [3.8, 4) is 0 Å². The second-order valence-electron chi connectivity index (χ2n) is 3.12. The third-order valence-corrected chi connectivity index (χ3v) is 2.47. The molecular weight excluding hydrogens is 196 g/mol. The molecule has 4 nitrogen and oxygen atoms in total. The maximum absolute atomic E-state index is 5.54. The Bertz CT molecular complexity index is 443. The number of H-pyrrole nitrogens is 1. The topological polar surface area (TPSA) is 67.6 Å². The minimum absolute atomic E-state index is 0.0424. The number of nitrogens with one attached hydrogen (secondary N) is 1. The Balaban J connectivity index is 2.50. The summed E-state index contributed by atoms with van der Waals surface area (Å²) in [6.45, 7) is 1.92. The van der Waals surface area contributed by atoms with Crippen LogP contribution >= 0.6 is 12.2 Å². The van der Waals surface area contributed by atoms with E-state index in [4.69, 9.17) is 18.0 Å². The van der Waals surface area contributed by atoms with E-state index in [0.29, 0.717) is 10.6 Å². The first-order valence-electron chi connectivity index (χ1n) is 4.28. The van der Waals surface area contributed by atoms with E-state index in [9.17, 15) is 0 Å². The van der Waals surface area contributed by atoms with E-state index in [1.54, 1.807) is 6.20 Å². The Morgan fingerprint density at radius 3 is 3.07 bits per heavy atom. The molecule has 72 valence electrons. The van der Waals surface area contributed by atoms with E-state index >= 15 is 0 Å². The van der Waals surface area contributed by atoms with Crippen molar-refractivity contribution in [3.63, 3.8) is 0 Å². The van der Waals surface area contributed by atoms with Crippen LogP contribution < -0.4 is 5.73 Å². The molecule has 0 fully saturated rings. The molecule has 1 unspecified atom stereocenters. The lowest BCUT2D eigenvalue weighted by molar-refractivity contribution is 0.921. The van der Waals surface area contributed by atoms with Crippen LogP contribution in [-0.2, 0) is 0 Å². The van der Waals surface area contributed by atoms with Crippen molar-refractivity contribution in [1.29, 1.82) is 0 Å². The van der Waals surface area contributed by atoms with Gasteiger partial charge in [-0.25, -0.2) is 9.97 Å². The first-order chi connectivity index (χ1) is 6.68. The van der Waals surface area contributed by atoms with Crippen LogP contribution in [0.25, 0.3) is 11.2 Å². The summed E-state index contributed by atoms with van der Waals surface area (Å²) in [5.74, 6) is 0.727. The average Bonchev–Trinajstić information content (AvgIpc) is 2.59. The normalized spacial score (nSPS) is 12.9. The van der Waals surface area contributed by atoms with Gasteiger partial charge in [-0.3, -0.25) is 0 Å². The van der Waals surface area contributed by atoms with Crippen LogP contribution in [0.1, 0.15) is 18.7 Å². The highest BCUT2D eigenvalue weighted by Gasteiger charge is 2.12. The Morgan fingerprint density at radius 1 is 1.64 bits per heavy atom. The molecule has 0 aliphatic carbocycles. The van der Waals surface area contributed by atoms with Crippen molar-refractivity contribution in [2.45, 2.75) is 12.8 Å². The van der Waals surface area contributed by atoms with Crippen molar-refractivity contribution < 1.29 is 0 Å². The number of pyridine rings is 1. The van der Waals surface area contributed by atoms with E-state index in [2.05, 4.69) is 15.0 Å². The summed E-state index contributed by atoms with van der Waals surface area (Å²) >= 11 is 4.90. The van der Waals surface area contributed by atoms with Gasteiger partial charge in [0.05, 0.1) is 16.4 Å². The van der Waals surface area contributed by atoms with Gasteiger partial charge in [-0.1, -0.05) is 12.2 Å². The standard InChI is InChI=1S/C9H10N4S/c1-5(7(10)14)8-12-6-3-2-4-11-9(6)13-8/h2-5H,1H3,(H2,10,14)(H,11,12,13). The van der Waals surface area contributed by atoms with Crippen molar-refractivity contribution in [2.75, 3.05) is 0 Å². The van der Waals surface area contributed by atoms with Gasteiger partial charge in [0.25, 0.3) is 0 Å². The molecule has 14 heavy (non-hydrogen) atoms. The van der Waals surface area contributed by atoms with Crippen molar-refractivity contribution in [1.82, 2.24) is 15.0 Å². The SMILES string of the molecule is CC(C(N)=S)c1nc2ncccc2[nH]1. The molecule has 0 aliphatic heterocycles. The van der Waals surface area contributed by atoms with Crippen LogP contribution in [-0.4, -0.2) is 19.9 Å². The number of hydrogen-bond acceptors (Lipinski definition) is 3. The highest BCUT2D eigenvalue weighted by atomic mass is 32.1. The zero-order valence-electron chi connectivity index (χ0n) is 7.69. The van der Waals surface area contributed by atoms with Gasteiger partial charge < -0.3 is 10.7 Å². The molecule has 2 heterocycles. The maximum Gasteiger partial charge on any atom is 0.177 e. The van der Waals surface area contributed by atoms with E-state index in [-0.39, 0.29) is 5.92 Å². The van der Waals surface area contributed by atoms with Gasteiger partial charge in [-0.15, -0.1) is 0 Å². The molecule has 0 aliphatic rings. The predicted octanol–water partition coefficient (Wildman–Crippen LogP) is 1.35. The molecule has 2 aromatic rings. The van der Waals surface area contributed by atoms with Gasteiger partial charge in [-0.2, -0.15) is 0 Å². The number of nitrogens with zero attached hydrogens (tertiary/aromatic N) is 2. The van der Waals surface area contributed by atoms with Crippen LogP contribution in [0.3, 0.4) is 0 Å². The number of thiocarbonyl (C=S) groups is 1. The van der Waals surface area contributed by atoms with Gasteiger partial charge >= 0.3 is 0 Å². The monoisotopic (exact) mass is 206 g/mol. The quantitative estimate of drug-likeness (QED) is 0.728. The van der Waals surface area contributed by atoms with E-state index in [1.165, 1.54) is 0 Å². The summed E-state index contributed by atoms with van der Waals surface area (Å²) in [4.78, 5) is 12.0. The molecule has 0 bridgehead atoms. The predicted molar refractivity (Wildman–Crippen MR) is 59.1 cm³/mol. The third-order valence-electron chi connectivity index (χ3n) is 2.11. The Labute approximate surface area is 86.6 Å². The molecule has 2 rings (SSSR count). The molecule has 1 atom stereocenters. The number of aromatic nitrogens is 3. The van der Waals surface area contributed by atoms with Crippen LogP contribution in [0.2, 0.25) is 0 Å². The maximum atomic E-state index is 5.54. The summed E-state index contributed by atoms with van der Waals surface area (Å²) in [5.41, 5.74) is 7.15.